The van der Waals surface area contributed by atoms with Crippen LogP contribution in [0.2, 0.25) is 0 Å². The van der Waals surface area contributed by atoms with E-state index in [2.05, 4.69) is 20.6 Å². The molecule has 0 atom stereocenters. The summed E-state index contributed by atoms with van der Waals surface area (Å²) in [5.41, 5.74) is 2.21. The van der Waals surface area contributed by atoms with Gasteiger partial charge in [-0.1, -0.05) is 0 Å². The number of methoxy groups -OCH3 is 1. The maximum Gasteiger partial charge on any atom is 0.338 e. The maximum absolute atomic E-state index is 11.7. The minimum Gasteiger partial charge on any atom is -0.462 e. The van der Waals surface area contributed by atoms with Gasteiger partial charge in [-0.15, -0.1) is 0 Å². The molecule has 1 aromatic carbocycles. The third-order valence-electron chi connectivity index (χ3n) is 3.33. The second-order valence-electron chi connectivity index (χ2n) is 5.41. The Morgan fingerprint density at radius 2 is 1.96 bits per heavy atom. The monoisotopic (exact) mass is 344 g/mol. The van der Waals surface area contributed by atoms with Crippen LogP contribution in [0.1, 0.15) is 29.4 Å². The molecule has 25 heavy (non-hydrogen) atoms. The van der Waals surface area contributed by atoms with E-state index in [9.17, 15) is 4.79 Å². The number of carbonyl (C=O) groups excluding carboxylic acids is 1. The highest BCUT2D eigenvalue weighted by atomic mass is 16.5. The molecule has 0 bridgehead atoms. The molecule has 2 rings (SSSR count). The van der Waals surface area contributed by atoms with Crippen molar-refractivity contribution in [3.8, 4) is 0 Å². The first kappa shape index (κ1) is 18.7. The van der Waals surface area contributed by atoms with Crippen LogP contribution in [0.15, 0.2) is 30.3 Å². The minimum absolute atomic E-state index is 0.325. The van der Waals surface area contributed by atoms with Crippen LogP contribution in [0.3, 0.4) is 0 Å². The first-order valence-corrected chi connectivity index (χ1v) is 8.25. The molecule has 0 fully saturated rings. The van der Waals surface area contributed by atoms with Crippen LogP contribution in [-0.4, -0.2) is 42.8 Å². The van der Waals surface area contributed by atoms with Crippen molar-refractivity contribution in [2.75, 3.05) is 37.5 Å². The predicted octanol–water partition coefficient (Wildman–Crippen LogP) is 3.15. The average molecular weight is 344 g/mol. The molecule has 7 nitrogen and oxygen atoms in total. The van der Waals surface area contributed by atoms with Gasteiger partial charge in [0.1, 0.15) is 5.82 Å². The molecule has 0 spiro atoms. The lowest BCUT2D eigenvalue weighted by molar-refractivity contribution is 0.0526. The number of benzene rings is 1. The maximum atomic E-state index is 11.7. The summed E-state index contributed by atoms with van der Waals surface area (Å²) in [6, 6.07) is 8.93. The third-order valence-corrected chi connectivity index (χ3v) is 3.33. The number of esters is 1. The highest BCUT2D eigenvalue weighted by Crippen LogP contribution is 2.18. The predicted molar refractivity (Wildman–Crippen MR) is 97.4 cm³/mol. The number of aromatic nitrogens is 2. The molecule has 0 aliphatic carbocycles. The molecule has 2 N–H and O–H groups in total. The summed E-state index contributed by atoms with van der Waals surface area (Å²) in [7, 11) is 1.68. The van der Waals surface area contributed by atoms with Crippen LogP contribution < -0.4 is 10.6 Å². The van der Waals surface area contributed by atoms with Gasteiger partial charge in [0.05, 0.1) is 12.2 Å². The van der Waals surface area contributed by atoms with Gasteiger partial charge in [0.2, 0.25) is 5.95 Å². The first-order chi connectivity index (χ1) is 12.1. The largest absolute Gasteiger partial charge is 0.462 e. The Balaban J connectivity index is 2.01. The summed E-state index contributed by atoms with van der Waals surface area (Å²) in [6.07, 6.45) is 0.881. The number of nitrogens with one attached hydrogen (secondary N) is 2. The number of hydrogen-bond donors (Lipinski definition) is 2. The summed E-state index contributed by atoms with van der Waals surface area (Å²) in [6.45, 7) is 5.49. The van der Waals surface area contributed by atoms with Crippen molar-refractivity contribution >= 4 is 23.4 Å². The molecule has 1 aromatic heterocycles. The van der Waals surface area contributed by atoms with Crippen LogP contribution in [0.25, 0.3) is 0 Å². The van der Waals surface area contributed by atoms with Crippen molar-refractivity contribution in [1.82, 2.24) is 9.97 Å². The summed E-state index contributed by atoms with van der Waals surface area (Å²) in [5, 5.41) is 6.40. The summed E-state index contributed by atoms with van der Waals surface area (Å²) in [4.78, 5) is 20.5. The molecule has 1 heterocycles. The van der Waals surface area contributed by atoms with Crippen molar-refractivity contribution < 1.29 is 14.3 Å². The fourth-order valence-electron chi connectivity index (χ4n) is 2.18. The van der Waals surface area contributed by atoms with Gasteiger partial charge >= 0.3 is 5.97 Å². The number of hydrogen-bond acceptors (Lipinski definition) is 7. The molecule has 0 amide bonds. The molecule has 0 aliphatic heterocycles. The lowest BCUT2D eigenvalue weighted by atomic mass is 10.2. The van der Waals surface area contributed by atoms with E-state index >= 15 is 0 Å². The normalized spacial score (nSPS) is 10.4. The molecule has 7 heteroatoms. The van der Waals surface area contributed by atoms with Gasteiger partial charge in [0.15, 0.2) is 0 Å². The Kier molecular flexibility index (Phi) is 7.16. The number of carbonyl (C=O) groups is 1. The molecular weight excluding hydrogens is 320 g/mol. The molecule has 0 radical (unpaired) electrons. The van der Waals surface area contributed by atoms with Crippen LogP contribution in [0.5, 0.6) is 0 Å². The zero-order chi connectivity index (χ0) is 18.1. The standard InChI is InChI=1S/C18H24N4O3/c1-4-25-17(23)14-6-8-15(9-7-14)21-16-12-13(2)20-18(22-16)19-10-5-11-24-3/h6-9,12H,4-5,10-11H2,1-3H3,(H2,19,20,21,22). The molecule has 0 saturated heterocycles. The minimum atomic E-state index is -0.325. The van der Waals surface area contributed by atoms with E-state index < -0.39 is 0 Å². The zero-order valence-electron chi connectivity index (χ0n) is 14.8. The first-order valence-electron chi connectivity index (χ1n) is 8.25. The van der Waals surface area contributed by atoms with Crippen molar-refractivity contribution in [3.05, 3.63) is 41.6 Å². The van der Waals surface area contributed by atoms with Crippen molar-refractivity contribution in [3.63, 3.8) is 0 Å². The Labute approximate surface area is 147 Å². The molecular formula is C18H24N4O3. The Morgan fingerprint density at radius 3 is 2.64 bits per heavy atom. The molecule has 2 aromatic rings. The molecule has 134 valence electrons. The van der Waals surface area contributed by atoms with Crippen LogP contribution in [-0.2, 0) is 9.47 Å². The van der Waals surface area contributed by atoms with Gasteiger partial charge in [0, 0.05) is 37.7 Å². The van der Waals surface area contributed by atoms with Gasteiger partial charge in [-0.3, -0.25) is 0 Å². The number of nitrogens with zero attached hydrogens (tertiary/aromatic N) is 2. The molecule has 0 saturated carbocycles. The third kappa shape index (κ3) is 6.04. The van der Waals surface area contributed by atoms with Gasteiger partial charge in [-0.25, -0.2) is 9.78 Å². The number of aryl methyl sites for hydroxylation is 1. The quantitative estimate of drug-likeness (QED) is 0.534. The van der Waals surface area contributed by atoms with Crippen LogP contribution in [0, 0.1) is 6.92 Å². The number of anilines is 3. The van der Waals surface area contributed by atoms with E-state index in [1.807, 2.05) is 25.1 Å². The van der Waals surface area contributed by atoms with E-state index in [-0.39, 0.29) is 5.97 Å². The van der Waals surface area contributed by atoms with Crippen LogP contribution in [0.4, 0.5) is 17.5 Å². The zero-order valence-corrected chi connectivity index (χ0v) is 14.8. The van der Waals surface area contributed by atoms with Crippen molar-refractivity contribution in [2.45, 2.75) is 20.3 Å². The van der Waals surface area contributed by atoms with Crippen molar-refractivity contribution in [2.24, 2.45) is 0 Å². The molecule has 0 unspecified atom stereocenters. The lowest BCUT2D eigenvalue weighted by Crippen LogP contribution is -2.09. The second kappa shape index (κ2) is 9.58. The van der Waals surface area contributed by atoms with Gasteiger partial charge in [0.25, 0.3) is 0 Å². The average Bonchev–Trinajstić information content (AvgIpc) is 2.59. The van der Waals surface area contributed by atoms with Gasteiger partial charge < -0.3 is 20.1 Å². The fraction of sp³-hybridized carbons (Fsp3) is 0.389. The van der Waals surface area contributed by atoms with E-state index in [4.69, 9.17) is 9.47 Å². The van der Waals surface area contributed by atoms with E-state index in [0.29, 0.717) is 30.5 Å². The van der Waals surface area contributed by atoms with Gasteiger partial charge in [-0.2, -0.15) is 4.98 Å². The Hall–Kier alpha value is -2.67. The van der Waals surface area contributed by atoms with E-state index in [1.54, 1.807) is 26.2 Å². The Bertz CT molecular complexity index is 689. The fourth-order valence-corrected chi connectivity index (χ4v) is 2.18. The topological polar surface area (TPSA) is 85.4 Å². The molecule has 0 aliphatic rings. The summed E-state index contributed by atoms with van der Waals surface area (Å²) < 4.78 is 10.00. The number of ether oxygens (including phenoxy) is 2. The summed E-state index contributed by atoms with van der Waals surface area (Å²) in [5.74, 6) is 0.932. The smallest absolute Gasteiger partial charge is 0.338 e. The van der Waals surface area contributed by atoms with E-state index in [0.717, 1.165) is 24.3 Å². The second-order valence-corrected chi connectivity index (χ2v) is 5.41. The lowest BCUT2D eigenvalue weighted by Gasteiger charge is -2.10. The summed E-state index contributed by atoms with van der Waals surface area (Å²) >= 11 is 0. The van der Waals surface area contributed by atoms with Gasteiger partial charge in [-0.05, 0) is 44.5 Å². The SMILES string of the molecule is CCOC(=O)c1ccc(Nc2cc(C)nc(NCCCOC)n2)cc1. The number of rotatable bonds is 9. The van der Waals surface area contributed by atoms with Crippen LogP contribution >= 0.6 is 0 Å². The van der Waals surface area contributed by atoms with E-state index in [1.165, 1.54) is 0 Å². The Morgan fingerprint density at radius 1 is 1.20 bits per heavy atom. The van der Waals surface area contributed by atoms with Crippen molar-refractivity contribution in [1.29, 1.82) is 0 Å². The highest BCUT2D eigenvalue weighted by Gasteiger charge is 2.07. The highest BCUT2D eigenvalue weighted by molar-refractivity contribution is 5.89.